The lowest BCUT2D eigenvalue weighted by Gasteiger charge is -2.14. The van der Waals surface area contributed by atoms with Crippen molar-refractivity contribution in [2.45, 2.75) is 25.3 Å². The van der Waals surface area contributed by atoms with Gasteiger partial charge in [0.1, 0.15) is 5.82 Å². The van der Waals surface area contributed by atoms with Gasteiger partial charge in [-0.2, -0.15) is 5.10 Å². The smallest absolute Gasteiger partial charge is 0.256 e. The molecule has 1 amide bonds. The van der Waals surface area contributed by atoms with Crippen LogP contribution in [-0.4, -0.2) is 38.2 Å². The minimum atomic E-state index is -3.93. The second kappa shape index (κ2) is 8.29. The van der Waals surface area contributed by atoms with Crippen LogP contribution in [0, 0.1) is 13.8 Å². The van der Waals surface area contributed by atoms with Crippen molar-refractivity contribution in [2.75, 3.05) is 24.3 Å². The van der Waals surface area contributed by atoms with Crippen LogP contribution in [0.2, 0.25) is 0 Å². The number of amides is 1. The summed E-state index contributed by atoms with van der Waals surface area (Å²) in [5.74, 6) is 0.0692. The van der Waals surface area contributed by atoms with Crippen LogP contribution in [0.4, 0.5) is 11.5 Å². The van der Waals surface area contributed by atoms with E-state index in [9.17, 15) is 13.2 Å². The van der Waals surface area contributed by atoms with Crippen LogP contribution >= 0.6 is 0 Å². The summed E-state index contributed by atoms with van der Waals surface area (Å²) >= 11 is 0. The Labute approximate surface area is 176 Å². The highest BCUT2D eigenvalue weighted by Gasteiger charge is 2.18. The summed E-state index contributed by atoms with van der Waals surface area (Å²) in [5, 5.41) is 12.4. The van der Waals surface area contributed by atoms with E-state index in [1.807, 2.05) is 43.3 Å². The molecular formula is C21H25N5O3S. The number of aryl methyl sites for hydroxylation is 1. The first-order chi connectivity index (χ1) is 14.1. The molecule has 0 saturated heterocycles. The zero-order valence-electron chi connectivity index (χ0n) is 17.4. The molecule has 1 heterocycles. The SMILES string of the molecule is Cc1cc(C(=O)Nc2ccnn2Cc2ccc(N(C)C)cc2)cc(S(N)(=O)=O)c1C. The monoisotopic (exact) mass is 427 g/mol. The lowest BCUT2D eigenvalue weighted by Crippen LogP contribution is -2.19. The Kier molecular flexibility index (Phi) is 5.95. The molecule has 8 nitrogen and oxygen atoms in total. The molecule has 2 aromatic carbocycles. The Morgan fingerprint density at radius 3 is 2.40 bits per heavy atom. The maximum atomic E-state index is 12.8. The number of nitrogens with zero attached hydrogens (tertiary/aromatic N) is 3. The number of aromatic nitrogens is 2. The molecule has 9 heteroatoms. The van der Waals surface area contributed by atoms with E-state index in [4.69, 9.17) is 5.14 Å². The fourth-order valence-electron chi connectivity index (χ4n) is 3.08. The summed E-state index contributed by atoms with van der Waals surface area (Å²) in [6, 6.07) is 12.7. The van der Waals surface area contributed by atoms with E-state index in [1.54, 1.807) is 36.9 Å². The number of carbonyl (C=O) groups is 1. The van der Waals surface area contributed by atoms with E-state index in [2.05, 4.69) is 10.4 Å². The standard InChI is InChI=1S/C21H25N5O3S/c1-14-11-17(12-19(15(14)2)30(22,28)29)21(27)24-20-9-10-23-26(20)13-16-5-7-18(8-6-16)25(3)4/h5-12H,13H2,1-4H3,(H,24,27)(H2,22,28,29). The van der Waals surface area contributed by atoms with Gasteiger partial charge in [-0.25, -0.2) is 18.2 Å². The Bertz CT molecular complexity index is 1180. The molecule has 3 rings (SSSR count). The number of hydrogen-bond acceptors (Lipinski definition) is 5. The molecule has 3 N–H and O–H groups in total. The summed E-state index contributed by atoms with van der Waals surface area (Å²) in [6.07, 6.45) is 1.60. The number of nitrogens with two attached hydrogens (primary N) is 1. The zero-order valence-corrected chi connectivity index (χ0v) is 18.2. The molecule has 1 aromatic heterocycles. The maximum Gasteiger partial charge on any atom is 0.256 e. The van der Waals surface area contributed by atoms with E-state index in [0.717, 1.165) is 11.3 Å². The molecular weight excluding hydrogens is 402 g/mol. The number of benzene rings is 2. The van der Waals surface area contributed by atoms with E-state index in [0.29, 0.717) is 23.5 Å². The number of nitrogens with one attached hydrogen (secondary N) is 1. The normalized spacial score (nSPS) is 11.4. The molecule has 0 fully saturated rings. The van der Waals surface area contributed by atoms with Gasteiger partial charge in [0, 0.05) is 31.4 Å². The third kappa shape index (κ3) is 4.69. The number of hydrogen-bond donors (Lipinski definition) is 2. The van der Waals surface area contributed by atoms with E-state index >= 15 is 0 Å². The predicted octanol–water partition coefficient (Wildman–Crippen LogP) is 2.51. The number of primary sulfonamides is 1. The van der Waals surface area contributed by atoms with Crippen LogP contribution in [-0.2, 0) is 16.6 Å². The quantitative estimate of drug-likeness (QED) is 0.628. The molecule has 0 bridgehead atoms. The molecule has 0 spiro atoms. The second-order valence-electron chi connectivity index (χ2n) is 7.35. The molecule has 0 aliphatic carbocycles. The van der Waals surface area contributed by atoms with Crippen molar-refractivity contribution in [2.24, 2.45) is 5.14 Å². The second-order valence-corrected chi connectivity index (χ2v) is 8.88. The summed E-state index contributed by atoms with van der Waals surface area (Å²) in [4.78, 5) is 14.7. The molecule has 30 heavy (non-hydrogen) atoms. The molecule has 0 aliphatic rings. The van der Waals surface area contributed by atoms with Crippen LogP contribution in [0.1, 0.15) is 27.0 Å². The van der Waals surface area contributed by atoms with Gasteiger partial charge in [-0.05, 0) is 54.8 Å². The first-order valence-corrected chi connectivity index (χ1v) is 10.8. The third-order valence-electron chi connectivity index (χ3n) is 4.93. The number of carbonyl (C=O) groups excluding carboxylic acids is 1. The van der Waals surface area contributed by atoms with Gasteiger partial charge in [-0.1, -0.05) is 12.1 Å². The molecule has 0 aliphatic heterocycles. The van der Waals surface area contributed by atoms with Crippen molar-refractivity contribution in [3.8, 4) is 0 Å². The fourth-order valence-corrected chi connectivity index (χ4v) is 3.96. The third-order valence-corrected chi connectivity index (χ3v) is 5.97. The van der Waals surface area contributed by atoms with Crippen LogP contribution in [0.15, 0.2) is 53.6 Å². The van der Waals surface area contributed by atoms with Crippen LogP contribution < -0.4 is 15.4 Å². The predicted molar refractivity (Wildman–Crippen MR) is 117 cm³/mol. The highest BCUT2D eigenvalue weighted by Crippen LogP contribution is 2.21. The largest absolute Gasteiger partial charge is 0.378 e. The summed E-state index contributed by atoms with van der Waals surface area (Å²) in [6.45, 7) is 3.88. The zero-order chi connectivity index (χ0) is 22.1. The van der Waals surface area contributed by atoms with Gasteiger partial charge in [-0.15, -0.1) is 0 Å². The van der Waals surface area contributed by atoms with Gasteiger partial charge in [0.25, 0.3) is 5.91 Å². The molecule has 0 unspecified atom stereocenters. The van der Waals surface area contributed by atoms with Gasteiger partial charge in [0.2, 0.25) is 10.0 Å². The Hall–Kier alpha value is -3.17. The number of sulfonamides is 1. The lowest BCUT2D eigenvalue weighted by molar-refractivity contribution is 0.102. The Morgan fingerprint density at radius 1 is 1.13 bits per heavy atom. The lowest BCUT2D eigenvalue weighted by atomic mass is 10.1. The topological polar surface area (TPSA) is 110 Å². The van der Waals surface area contributed by atoms with Gasteiger partial charge in [-0.3, -0.25) is 4.79 Å². The highest BCUT2D eigenvalue weighted by molar-refractivity contribution is 7.89. The fraction of sp³-hybridized carbons (Fsp3) is 0.238. The van der Waals surface area contributed by atoms with Crippen molar-refractivity contribution < 1.29 is 13.2 Å². The Morgan fingerprint density at radius 2 is 1.80 bits per heavy atom. The minimum Gasteiger partial charge on any atom is -0.378 e. The molecule has 0 saturated carbocycles. The van der Waals surface area contributed by atoms with Crippen molar-refractivity contribution in [1.82, 2.24) is 9.78 Å². The van der Waals surface area contributed by atoms with Gasteiger partial charge in [0.05, 0.1) is 17.6 Å². The summed E-state index contributed by atoms with van der Waals surface area (Å²) in [5.41, 5.74) is 3.53. The summed E-state index contributed by atoms with van der Waals surface area (Å²) in [7, 11) is 0.0193. The van der Waals surface area contributed by atoms with Gasteiger partial charge in [0.15, 0.2) is 0 Å². The molecule has 0 radical (unpaired) electrons. The number of anilines is 2. The van der Waals surface area contributed by atoms with E-state index in [-0.39, 0.29) is 10.5 Å². The van der Waals surface area contributed by atoms with Gasteiger partial charge >= 0.3 is 0 Å². The van der Waals surface area contributed by atoms with E-state index in [1.165, 1.54) is 6.07 Å². The molecule has 158 valence electrons. The number of rotatable bonds is 6. The van der Waals surface area contributed by atoms with Crippen molar-refractivity contribution in [3.05, 3.63) is 70.9 Å². The van der Waals surface area contributed by atoms with Crippen LogP contribution in [0.5, 0.6) is 0 Å². The first kappa shape index (κ1) is 21.5. The average Bonchev–Trinajstić information content (AvgIpc) is 3.09. The maximum absolute atomic E-state index is 12.8. The molecule has 3 aromatic rings. The van der Waals surface area contributed by atoms with Gasteiger partial charge < -0.3 is 10.2 Å². The minimum absolute atomic E-state index is 0.0536. The Balaban J connectivity index is 1.82. The first-order valence-electron chi connectivity index (χ1n) is 9.29. The molecule has 0 atom stereocenters. The van der Waals surface area contributed by atoms with Crippen molar-refractivity contribution >= 4 is 27.4 Å². The van der Waals surface area contributed by atoms with Crippen molar-refractivity contribution in [3.63, 3.8) is 0 Å². The van der Waals surface area contributed by atoms with Crippen LogP contribution in [0.3, 0.4) is 0 Å². The summed E-state index contributed by atoms with van der Waals surface area (Å²) < 4.78 is 25.4. The highest BCUT2D eigenvalue weighted by atomic mass is 32.2. The van der Waals surface area contributed by atoms with Crippen LogP contribution in [0.25, 0.3) is 0 Å². The van der Waals surface area contributed by atoms with Crippen molar-refractivity contribution in [1.29, 1.82) is 0 Å². The average molecular weight is 428 g/mol. The van der Waals surface area contributed by atoms with E-state index < -0.39 is 15.9 Å².